The molecule has 4 aromatic rings. The molecule has 1 aromatic heterocycles. The molecule has 1 aliphatic carbocycles. The summed E-state index contributed by atoms with van der Waals surface area (Å²) in [5.41, 5.74) is 5.54. The number of benzene rings is 3. The number of nitrogens with zero attached hydrogens (tertiary/aromatic N) is 1. The predicted molar refractivity (Wildman–Crippen MR) is 108 cm³/mol. The van der Waals surface area contributed by atoms with Gasteiger partial charge in [0.1, 0.15) is 0 Å². The van der Waals surface area contributed by atoms with E-state index < -0.39 is 0 Å². The molecule has 1 heteroatoms. The maximum atomic E-state index is 4.81. The molecule has 0 radical (unpaired) electrons. The largest absolute Gasteiger partial charge is 0.256 e. The van der Waals surface area contributed by atoms with Crippen LogP contribution in [0.25, 0.3) is 32.4 Å². The van der Waals surface area contributed by atoms with Crippen LogP contribution < -0.4 is 0 Å². The highest BCUT2D eigenvalue weighted by Crippen LogP contribution is 2.50. The van der Waals surface area contributed by atoms with Crippen molar-refractivity contribution in [1.29, 1.82) is 0 Å². The van der Waals surface area contributed by atoms with Gasteiger partial charge in [-0.15, -0.1) is 0 Å². The Balaban J connectivity index is 2.10. The van der Waals surface area contributed by atoms with E-state index >= 15 is 0 Å². The second kappa shape index (κ2) is 4.40. The van der Waals surface area contributed by atoms with Gasteiger partial charge in [0, 0.05) is 22.4 Å². The second-order valence-corrected chi connectivity index (χ2v) is 8.95. The van der Waals surface area contributed by atoms with Gasteiger partial charge in [0.2, 0.25) is 0 Å². The molecule has 25 heavy (non-hydrogen) atoms. The van der Waals surface area contributed by atoms with Crippen LogP contribution in [0.1, 0.15) is 51.3 Å². The van der Waals surface area contributed by atoms with Crippen LogP contribution in [0, 0.1) is 0 Å². The highest BCUT2D eigenvalue weighted by molar-refractivity contribution is 6.27. The molecule has 1 nitrogen and oxygen atoms in total. The minimum absolute atomic E-state index is 0.0350. The maximum Gasteiger partial charge on any atom is 0.0789 e. The summed E-state index contributed by atoms with van der Waals surface area (Å²) in [6.45, 7) is 11.5. The summed E-state index contributed by atoms with van der Waals surface area (Å²) >= 11 is 0. The quantitative estimate of drug-likeness (QED) is 0.337. The van der Waals surface area contributed by atoms with Crippen LogP contribution in [0.5, 0.6) is 0 Å². The average Bonchev–Trinajstić information content (AvgIpc) is 2.82. The van der Waals surface area contributed by atoms with E-state index in [2.05, 4.69) is 77.1 Å². The fourth-order valence-corrected chi connectivity index (χ4v) is 4.59. The topological polar surface area (TPSA) is 12.9 Å². The van der Waals surface area contributed by atoms with Gasteiger partial charge in [0.05, 0.1) is 5.52 Å². The Morgan fingerprint density at radius 1 is 0.800 bits per heavy atom. The first-order valence-corrected chi connectivity index (χ1v) is 9.09. The Morgan fingerprint density at radius 2 is 1.56 bits per heavy atom. The van der Waals surface area contributed by atoms with E-state index in [1.54, 1.807) is 0 Å². The van der Waals surface area contributed by atoms with Gasteiger partial charge in [-0.25, -0.2) is 0 Å². The lowest BCUT2D eigenvalue weighted by Crippen LogP contribution is -2.15. The molecule has 0 bridgehead atoms. The number of hydrogen-bond donors (Lipinski definition) is 0. The molecule has 3 aromatic carbocycles. The van der Waals surface area contributed by atoms with E-state index in [1.165, 1.54) is 43.6 Å². The summed E-state index contributed by atoms with van der Waals surface area (Å²) in [5, 5.41) is 6.73. The minimum Gasteiger partial charge on any atom is -0.256 e. The maximum absolute atomic E-state index is 4.81. The highest BCUT2D eigenvalue weighted by atomic mass is 14.7. The number of pyridine rings is 1. The molecule has 0 amide bonds. The van der Waals surface area contributed by atoms with Gasteiger partial charge in [-0.1, -0.05) is 65.0 Å². The van der Waals surface area contributed by atoms with Crippen LogP contribution in [0.3, 0.4) is 0 Å². The zero-order chi connectivity index (χ0) is 17.6. The monoisotopic (exact) mass is 325 g/mol. The van der Waals surface area contributed by atoms with E-state index in [1.807, 2.05) is 6.20 Å². The van der Waals surface area contributed by atoms with Crippen LogP contribution >= 0.6 is 0 Å². The number of hydrogen-bond acceptors (Lipinski definition) is 1. The van der Waals surface area contributed by atoms with Gasteiger partial charge in [-0.3, -0.25) is 4.98 Å². The number of aromatic nitrogens is 1. The van der Waals surface area contributed by atoms with Crippen molar-refractivity contribution in [3.63, 3.8) is 0 Å². The molecule has 0 unspecified atom stereocenters. The van der Waals surface area contributed by atoms with Gasteiger partial charge in [-0.2, -0.15) is 0 Å². The van der Waals surface area contributed by atoms with Crippen molar-refractivity contribution in [2.45, 2.75) is 45.4 Å². The van der Waals surface area contributed by atoms with Gasteiger partial charge < -0.3 is 0 Å². The van der Waals surface area contributed by atoms with Crippen LogP contribution in [-0.2, 0) is 10.8 Å². The van der Waals surface area contributed by atoms with Crippen molar-refractivity contribution in [3.05, 3.63) is 65.4 Å². The standard InChI is InChI=1S/C24H23N/c1-23(2,3)14-9-10-16-17(13-14)15-7-6-8-18-20(15)21-19(24(18,4)5)11-12-25-22(16)21/h6-13H,1-5H3. The Bertz CT molecular complexity index is 1190. The van der Waals surface area contributed by atoms with Crippen LogP contribution in [-0.4, -0.2) is 4.98 Å². The molecule has 5 rings (SSSR count). The lowest BCUT2D eigenvalue weighted by molar-refractivity contribution is 0.591. The summed E-state index contributed by atoms with van der Waals surface area (Å²) in [5.74, 6) is 0. The molecule has 0 saturated carbocycles. The van der Waals surface area contributed by atoms with Crippen molar-refractivity contribution in [2.24, 2.45) is 0 Å². The first-order valence-electron chi connectivity index (χ1n) is 9.09. The molecule has 1 aliphatic rings. The molecule has 0 aliphatic heterocycles. The molecular formula is C24H23N. The Hall–Kier alpha value is -2.41. The van der Waals surface area contributed by atoms with E-state index in [4.69, 9.17) is 4.98 Å². The van der Waals surface area contributed by atoms with Crippen LogP contribution in [0.2, 0.25) is 0 Å². The van der Waals surface area contributed by atoms with Crippen molar-refractivity contribution < 1.29 is 0 Å². The van der Waals surface area contributed by atoms with Gasteiger partial charge >= 0.3 is 0 Å². The third-order valence-corrected chi connectivity index (χ3v) is 6.04. The highest BCUT2D eigenvalue weighted by Gasteiger charge is 2.35. The van der Waals surface area contributed by atoms with Gasteiger partial charge in [0.15, 0.2) is 0 Å². The van der Waals surface area contributed by atoms with Crippen molar-refractivity contribution >= 4 is 32.4 Å². The molecule has 0 saturated heterocycles. The number of fused-ring (bicyclic) bond motifs is 3. The molecule has 124 valence electrons. The Labute approximate surface area is 148 Å². The summed E-state index contributed by atoms with van der Waals surface area (Å²) in [6.07, 6.45) is 1.98. The summed E-state index contributed by atoms with van der Waals surface area (Å²) in [7, 11) is 0. The minimum atomic E-state index is 0.0350. The van der Waals surface area contributed by atoms with Crippen LogP contribution in [0.4, 0.5) is 0 Å². The molecule has 0 spiro atoms. The van der Waals surface area contributed by atoms with E-state index in [9.17, 15) is 0 Å². The van der Waals surface area contributed by atoms with Crippen molar-refractivity contribution in [3.8, 4) is 0 Å². The number of rotatable bonds is 0. The SMILES string of the molecule is CC(C)(C)c1ccc2c(c1)c1cccc3c1c1c(ccnc21)C3(C)C. The van der Waals surface area contributed by atoms with E-state index in [-0.39, 0.29) is 10.8 Å². The second-order valence-electron chi connectivity index (χ2n) is 8.95. The van der Waals surface area contributed by atoms with Gasteiger partial charge in [-0.05, 0) is 50.4 Å². The first kappa shape index (κ1) is 14.9. The molecule has 0 fully saturated rings. The van der Waals surface area contributed by atoms with E-state index in [0.29, 0.717) is 0 Å². The summed E-state index contributed by atoms with van der Waals surface area (Å²) in [4.78, 5) is 4.81. The smallest absolute Gasteiger partial charge is 0.0789 e. The molecular weight excluding hydrogens is 302 g/mol. The van der Waals surface area contributed by atoms with Gasteiger partial charge in [0.25, 0.3) is 0 Å². The molecule has 0 atom stereocenters. The van der Waals surface area contributed by atoms with E-state index in [0.717, 1.165) is 5.52 Å². The zero-order valence-electron chi connectivity index (χ0n) is 15.6. The summed E-state index contributed by atoms with van der Waals surface area (Å²) < 4.78 is 0. The zero-order valence-corrected chi connectivity index (χ0v) is 15.6. The fraction of sp³-hybridized carbons (Fsp3) is 0.292. The van der Waals surface area contributed by atoms with Crippen LogP contribution in [0.15, 0.2) is 48.7 Å². The fourth-order valence-electron chi connectivity index (χ4n) is 4.59. The lowest BCUT2D eigenvalue weighted by Gasteiger charge is -2.21. The third-order valence-electron chi connectivity index (χ3n) is 6.04. The predicted octanol–water partition coefficient (Wildman–Crippen LogP) is 6.48. The third kappa shape index (κ3) is 1.76. The summed E-state index contributed by atoms with van der Waals surface area (Å²) in [6, 6.07) is 15.9. The normalized spacial score (nSPS) is 15.7. The molecule has 0 N–H and O–H groups in total. The van der Waals surface area contributed by atoms with Crippen molar-refractivity contribution in [1.82, 2.24) is 4.98 Å². The average molecular weight is 325 g/mol. The Morgan fingerprint density at radius 3 is 2.32 bits per heavy atom. The first-order chi connectivity index (χ1) is 11.8. The lowest BCUT2D eigenvalue weighted by atomic mass is 9.82. The molecule has 1 heterocycles. The van der Waals surface area contributed by atoms with Crippen molar-refractivity contribution in [2.75, 3.05) is 0 Å². The Kier molecular flexibility index (Phi) is 2.62.